The van der Waals surface area contributed by atoms with Crippen molar-refractivity contribution in [3.8, 4) is 17.2 Å². The third-order valence-corrected chi connectivity index (χ3v) is 4.47. The number of nitrogens with zero attached hydrogens (tertiary/aromatic N) is 2. The van der Waals surface area contributed by atoms with Gasteiger partial charge in [-0.05, 0) is 29.8 Å². The Morgan fingerprint density at radius 3 is 2.57 bits per heavy atom. The Hall–Kier alpha value is -4.20. The molecule has 0 fully saturated rings. The number of oxazole rings is 1. The Morgan fingerprint density at radius 1 is 1.07 bits per heavy atom. The Kier molecular flexibility index (Phi) is 5.13. The quantitative estimate of drug-likeness (QED) is 0.259. The number of nitro groups is 1. The van der Waals surface area contributed by atoms with Gasteiger partial charge in [0.25, 0.3) is 0 Å². The van der Waals surface area contributed by atoms with Gasteiger partial charge in [-0.25, -0.2) is 9.78 Å². The fraction of sp³-hybridized carbons (Fsp3) is 0.0909. The molecular weight excluding hydrogens is 388 g/mol. The summed E-state index contributed by atoms with van der Waals surface area (Å²) >= 11 is 0. The average Bonchev–Trinajstić information content (AvgIpc) is 3.21. The molecule has 0 spiro atoms. The molecule has 3 aromatic carbocycles. The first-order chi connectivity index (χ1) is 14.6. The van der Waals surface area contributed by atoms with Crippen LogP contribution in [0.15, 0.2) is 71.1 Å². The first-order valence-corrected chi connectivity index (χ1v) is 9.01. The van der Waals surface area contributed by atoms with Gasteiger partial charge in [0.15, 0.2) is 11.3 Å². The van der Waals surface area contributed by atoms with E-state index in [0.29, 0.717) is 5.58 Å². The summed E-state index contributed by atoms with van der Waals surface area (Å²) in [6.07, 6.45) is 0. The largest absolute Gasteiger partial charge is 0.482 e. The number of aromatic nitrogens is 1. The molecule has 30 heavy (non-hydrogen) atoms. The van der Waals surface area contributed by atoms with Crippen molar-refractivity contribution in [2.24, 2.45) is 0 Å². The normalized spacial score (nSPS) is 10.7. The van der Waals surface area contributed by atoms with Gasteiger partial charge in [0.2, 0.25) is 5.89 Å². The number of benzene rings is 3. The molecule has 0 amide bonds. The topological polar surface area (TPSA) is 105 Å². The number of rotatable bonds is 6. The summed E-state index contributed by atoms with van der Waals surface area (Å²) in [5, 5.41) is 11.8. The number of ether oxygens (including phenoxy) is 2. The highest BCUT2D eigenvalue weighted by atomic mass is 16.6. The highest BCUT2D eigenvalue weighted by Gasteiger charge is 2.26. The molecule has 0 unspecified atom stereocenters. The summed E-state index contributed by atoms with van der Waals surface area (Å²) in [5.74, 6) is -0.468. The lowest BCUT2D eigenvalue weighted by Gasteiger charge is -2.08. The minimum Gasteiger partial charge on any atom is -0.482 e. The molecule has 0 aliphatic heterocycles. The lowest BCUT2D eigenvalue weighted by molar-refractivity contribution is -0.385. The monoisotopic (exact) mass is 404 g/mol. The number of hydrogen-bond donors (Lipinski definition) is 0. The Morgan fingerprint density at radius 2 is 1.83 bits per heavy atom. The molecule has 0 aliphatic carbocycles. The zero-order valence-corrected chi connectivity index (χ0v) is 15.9. The number of nitro benzene ring substituents is 1. The molecule has 0 aliphatic rings. The van der Waals surface area contributed by atoms with E-state index >= 15 is 0 Å². The van der Waals surface area contributed by atoms with E-state index in [1.807, 2.05) is 30.3 Å². The molecule has 1 heterocycles. The molecule has 0 radical (unpaired) electrons. The third kappa shape index (κ3) is 3.58. The number of carbonyl (C=O) groups is 1. The summed E-state index contributed by atoms with van der Waals surface area (Å²) in [4.78, 5) is 27.6. The molecule has 0 N–H and O–H groups in total. The van der Waals surface area contributed by atoms with Crippen molar-refractivity contribution in [1.29, 1.82) is 0 Å². The van der Waals surface area contributed by atoms with Crippen molar-refractivity contribution in [1.82, 2.24) is 4.98 Å². The average molecular weight is 404 g/mol. The molecule has 0 saturated carbocycles. The molecule has 4 aromatic rings. The molecule has 1 aromatic heterocycles. The second-order valence-corrected chi connectivity index (χ2v) is 6.35. The molecule has 150 valence electrons. The zero-order valence-electron chi connectivity index (χ0n) is 15.9. The van der Waals surface area contributed by atoms with Gasteiger partial charge in [-0.15, -0.1) is 0 Å². The third-order valence-electron chi connectivity index (χ3n) is 4.47. The van der Waals surface area contributed by atoms with Gasteiger partial charge < -0.3 is 13.9 Å². The Bertz CT molecular complexity index is 1230. The van der Waals surface area contributed by atoms with Crippen molar-refractivity contribution in [3.05, 3.63) is 88.0 Å². The van der Waals surface area contributed by atoms with E-state index in [4.69, 9.17) is 13.9 Å². The maximum Gasteiger partial charge on any atom is 0.340 e. The molecular formula is C22H16N2O6. The summed E-state index contributed by atoms with van der Waals surface area (Å²) in [7, 11) is 1.26. The number of hydrogen-bond acceptors (Lipinski definition) is 7. The summed E-state index contributed by atoms with van der Waals surface area (Å²) in [6, 6.07) is 18.8. The van der Waals surface area contributed by atoms with E-state index in [1.54, 1.807) is 24.3 Å². The zero-order chi connectivity index (χ0) is 21.1. The van der Waals surface area contributed by atoms with Crippen LogP contribution in [0.1, 0.15) is 15.9 Å². The van der Waals surface area contributed by atoms with Crippen LogP contribution in [-0.2, 0) is 11.3 Å². The molecule has 8 heteroatoms. The van der Waals surface area contributed by atoms with E-state index in [2.05, 4.69) is 4.98 Å². The minimum atomic E-state index is -0.574. The van der Waals surface area contributed by atoms with Gasteiger partial charge in [0.05, 0.1) is 17.6 Å². The number of fused-ring (bicyclic) bond motifs is 1. The standard InChI is InChI=1S/C22H16N2O6/c1-28-22(25)15-9-5-11-17-19(15)23-21(30-17)16-10-6-12-18(20(16)24(26)27)29-13-14-7-3-2-4-8-14/h2-12H,13H2,1H3. The van der Waals surface area contributed by atoms with E-state index in [9.17, 15) is 14.9 Å². The summed E-state index contributed by atoms with van der Waals surface area (Å²) < 4.78 is 16.2. The molecule has 4 rings (SSSR count). The van der Waals surface area contributed by atoms with E-state index in [1.165, 1.54) is 19.2 Å². The van der Waals surface area contributed by atoms with Crippen LogP contribution in [0.2, 0.25) is 0 Å². The van der Waals surface area contributed by atoms with Crippen molar-refractivity contribution >= 4 is 22.8 Å². The van der Waals surface area contributed by atoms with E-state index < -0.39 is 10.9 Å². The number of esters is 1. The van der Waals surface area contributed by atoms with Crippen LogP contribution >= 0.6 is 0 Å². The Labute approximate surface area is 170 Å². The van der Waals surface area contributed by atoms with Gasteiger partial charge in [0.1, 0.15) is 17.7 Å². The van der Waals surface area contributed by atoms with Gasteiger partial charge >= 0.3 is 11.7 Å². The second-order valence-electron chi connectivity index (χ2n) is 6.35. The maximum atomic E-state index is 12.0. The number of carbonyl (C=O) groups excluding carboxylic acids is 1. The van der Waals surface area contributed by atoms with E-state index in [0.717, 1.165) is 5.56 Å². The smallest absolute Gasteiger partial charge is 0.340 e. The predicted molar refractivity (Wildman–Crippen MR) is 108 cm³/mol. The maximum absolute atomic E-state index is 12.0. The van der Waals surface area contributed by atoms with Crippen LogP contribution in [0, 0.1) is 10.1 Å². The SMILES string of the molecule is COC(=O)c1cccc2oc(-c3cccc(OCc4ccccc4)c3[N+](=O)[O-])nc12. The molecule has 0 bridgehead atoms. The van der Waals surface area contributed by atoms with Crippen molar-refractivity contribution < 1.29 is 23.6 Å². The predicted octanol–water partition coefficient (Wildman–Crippen LogP) is 4.77. The molecule has 0 saturated heterocycles. The van der Waals surface area contributed by atoms with E-state index in [-0.39, 0.29) is 40.6 Å². The van der Waals surface area contributed by atoms with Crippen molar-refractivity contribution in [3.63, 3.8) is 0 Å². The first kappa shape index (κ1) is 19.1. The van der Waals surface area contributed by atoms with Crippen LogP contribution < -0.4 is 4.74 Å². The van der Waals surface area contributed by atoms with Gasteiger partial charge in [-0.1, -0.05) is 42.5 Å². The lowest BCUT2D eigenvalue weighted by atomic mass is 10.1. The van der Waals surface area contributed by atoms with Gasteiger partial charge in [-0.3, -0.25) is 10.1 Å². The fourth-order valence-corrected chi connectivity index (χ4v) is 3.07. The van der Waals surface area contributed by atoms with Crippen LogP contribution in [0.5, 0.6) is 5.75 Å². The van der Waals surface area contributed by atoms with Gasteiger partial charge in [-0.2, -0.15) is 0 Å². The first-order valence-electron chi connectivity index (χ1n) is 9.01. The summed E-state index contributed by atoms with van der Waals surface area (Å²) in [5.41, 5.74) is 1.56. The number of para-hydroxylation sites is 2. The molecule has 0 atom stereocenters. The van der Waals surface area contributed by atoms with Crippen molar-refractivity contribution in [2.75, 3.05) is 7.11 Å². The van der Waals surface area contributed by atoms with Gasteiger partial charge in [0, 0.05) is 0 Å². The van der Waals surface area contributed by atoms with Crippen molar-refractivity contribution in [2.45, 2.75) is 6.61 Å². The van der Waals surface area contributed by atoms with Crippen LogP contribution in [-0.4, -0.2) is 23.0 Å². The lowest BCUT2D eigenvalue weighted by Crippen LogP contribution is -2.02. The highest BCUT2D eigenvalue weighted by Crippen LogP contribution is 2.39. The summed E-state index contributed by atoms with van der Waals surface area (Å²) in [6.45, 7) is 0.172. The minimum absolute atomic E-state index is 0.0122. The van der Waals surface area contributed by atoms with Crippen LogP contribution in [0.4, 0.5) is 5.69 Å². The van der Waals surface area contributed by atoms with Crippen LogP contribution in [0.3, 0.4) is 0 Å². The Balaban J connectivity index is 1.77. The fourth-order valence-electron chi connectivity index (χ4n) is 3.07. The molecule has 8 nitrogen and oxygen atoms in total. The number of methoxy groups -OCH3 is 1. The van der Waals surface area contributed by atoms with Crippen LogP contribution in [0.25, 0.3) is 22.6 Å². The highest BCUT2D eigenvalue weighted by molar-refractivity contribution is 6.02. The second kappa shape index (κ2) is 8.04.